The van der Waals surface area contributed by atoms with Crippen molar-refractivity contribution in [2.75, 3.05) is 19.5 Å². The van der Waals surface area contributed by atoms with Crippen molar-refractivity contribution in [2.45, 2.75) is 6.92 Å². The van der Waals surface area contributed by atoms with Crippen molar-refractivity contribution in [1.82, 2.24) is 4.98 Å². The second kappa shape index (κ2) is 6.06. The molecule has 20 heavy (non-hydrogen) atoms. The van der Waals surface area contributed by atoms with Gasteiger partial charge in [-0.05, 0) is 31.2 Å². The molecular formula is C15H16N2O3. The summed E-state index contributed by atoms with van der Waals surface area (Å²) in [6.07, 6.45) is 1.68. The number of carbonyl (C=O) groups is 1. The predicted molar refractivity (Wildman–Crippen MR) is 76.5 cm³/mol. The lowest BCUT2D eigenvalue weighted by atomic mass is 10.1. The maximum Gasteiger partial charge on any atom is 0.255 e. The van der Waals surface area contributed by atoms with Crippen molar-refractivity contribution in [1.29, 1.82) is 0 Å². The highest BCUT2D eigenvalue weighted by molar-refractivity contribution is 6.05. The Kier molecular flexibility index (Phi) is 4.20. The summed E-state index contributed by atoms with van der Waals surface area (Å²) in [5.74, 6) is 0.896. The first-order valence-electron chi connectivity index (χ1n) is 6.10. The first-order valence-corrected chi connectivity index (χ1v) is 6.10. The SMILES string of the molecule is COc1cc(OC)cc(C(=O)Nc2cccnc2C)c1. The lowest BCUT2D eigenvalue weighted by molar-refractivity contribution is 0.102. The zero-order chi connectivity index (χ0) is 14.5. The van der Waals surface area contributed by atoms with E-state index in [2.05, 4.69) is 10.3 Å². The number of methoxy groups -OCH3 is 2. The van der Waals surface area contributed by atoms with Crippen molar-refractivity contribution in [3.05, 3.63) is 47.8 Å². The molecule has 1 aromatic heterocycles. The van der Waals surface area contributed by atoms with Crippen LogP contribution in [0.3, 0.4) is 0 Å². The fourth-order valence-electron chi connectivity index (χ4n) is 1.75. The summed E-state index contributed by atoms with van der Waals surface area (Å²) in [4.78, 5) is 16.4. The summed E-state index contributed by atoms with van der Waals surface area (Å²) in [5.41, 5.74) is 1.90. The lowest BCUT2D eigenvalue weighted by Crippen LogP contribution is -2.13. The average Bonchev–Trinajstić information content (AvgIpc) is 2.48. The summed E-state index contributed by atoms with van der Waals surface area (Å²) < 4.78 is 10.3. The fourth-order valence-corrected chi connectivity index (χ4v) is 1.75. The Morgan fingerprint density at radius 3 is 2.35 bits per heavy atom. The molecule has 0 bridgehead atoms. The number of ether oxygens (including phenoxy) is 2. The van der Waals surface area contributed by atoms with Gasteiger partial charge in [-0.2, -0.15) is 0 Å². The fraction of sp³-hybridized carbons (Fsp3) is 0.200. The Bertz CT molecular complexity index is 604. The van der Waals surface area contributed by atoms with E-state index in [1.165, 1.54) is 0 Å². The maximum absolute atomic E-state index is 12.3. The van der Waals surface area contributed by atoms with Crippen molar-refractivity contribution in [3.63, 3.8) is 0 Å². The van der Waals surface area contributed by atoms with Gasteiger partial charge in [-0.15, -0.1) is 0 Å². The standard InChI is InChI=1S/C15H16N2O3/c1-10-14(5-4-6-16-10)17-15(18)11-7-12(19-2)9-13(8-11)20-3/h4-9H,1-3H3,(H,17,18). The Hall–Kier alpha value is -2.56. The van der Waals surface area contributed by atoms with E-state index in [1.54, 1.807) is 50.7 Å². The van der Waals surface area contributed by atoms with E-state index < -0.39 is 0 Å². The summed E-state index contributed by atoms with van der Waals surface area (Å²) in [5, 5.41) is 2.82. The van der Waals surface area contributed by atoms with Crippen LogP contribution in [0.25, 0.3) is 0 Å². The van der Waals surface area contributed by atoms with E-state index in [1.807, 2.05) is 6.92 Å². The molecule has 0 atom stereocenters. The van der Waals surface area contributed by atoms with Gasteiger partial charge in [0.25, 0.3) is 5.91 Å². The van der Waals surface area contributed by atoms with Crippen molar-refractivity contribution in [2.24, 2.45) is 0 Å². The van der Waals surface area contributed by atoms with Gasteiger partial charge < -0.3 is 14.8 Å². The third kappa shape index (κ3) is 3.06. The molecule has 0 spiro atoms. The number of anilines is 1. The number of hydrogen-bond acceptors (Lipinski definition) is 4. The van der Waals surface area contributed by atoms with Crippen molar-refractivity contribution >= 4 is 11.6 Å². The number of aromatic nitrogens is 1. The first kappa shape index (κ1) is 13.9. The van der Waals surface area contributed by atoms with Gasteiger partial charge in [0.2, 0.25) is 0 Å². The van der Waals surface area contributed by atoms with E-state index in [-0.39, 0.29) is 5.91 Å². The van der Waals surface area contributed by atoms with Gasteiger partial charge in [-0.3, -0.25) is 9.78 Å². The van der Waals surface area contributed by atoms with Gasteiger partial charge >= 0.3 is 0 Å². The Morgan fingerprint density at radius 2 is 1.80 bits per heavy atom. The molecule has 0 unspecified atom stereocenters. The quantitative estimate of drug-likeness (QED) is 0.929. The minimum Gasteiger partial charge on any atom is -0.497 e. The Labute approximate surface area is 117 Å². The molecule has 5 heteroatoms. The summed E-state index contributed by atoms with van der Waals surface area (Å²) in [6.45, 7) is 1.84. The van der Waals surface area contributed by atoms with Gasteiger partial charge in [0.15, 0.2) is 0 Å². The topological polar surface area (TPSA) is 60.5 Å². The van der Waals surface area contributed by atoms with Crippen LogP contribution in [0.5, 0.6) is 11.5 Å². The zero-order valence-electron chi connectivity index (χ0n) is 11.6. The Morgan fingerprint density at radius 1 is 1.15 bits per heavy atom. The number of nitrogens with one attached hydrogen (secondary N) is 1. The van der Waals surface area contributed by atoms with E-state index >= 15 is 0 Å². The van der Waals surface area contributed by atoms with E-state index in [9.17, 15) is 4.79 Å². The van der Waals surface area contributed by atoms with Crippen LogP contribution >= 0.6 is 0 Å². The van der Waals surface area contributed by atoms with Gasteiger partial charge in [-0.1, -0.05) is 0 Å². The van der Waals surface area contributed by atoms with Gasteiger partial charge in [0.1, 0.15) is 11.5 Å². The molecule has 0 aliphatic heterocycles. The van der Waals surface area contributed by atoms with E-state index in [0.29, 0.717) is 22.7 Å². The minimum absolute atomic E-state index is 0.238. The molecule has 1 amide bonds. The molecule has 1 N–H and O–H groups in total. The lowest BCUT2D eigenvalue weighted by Gasteiger charge is -2.10. The first-order chi connectivity index (χ1) is 9.63. The molecule has 0 saturated heterocycles. The van der Waals surface area contributed by atoms with Gasteiger partial charge in [0, 0.05) is 17.8 Å². The summed E-state index contributed by atoms with van der Waals surface area (Å²) >= 11 is 0. The highest BCUT2D eigenvalue weighted by Gasteiger charge is 2.11. The maximum atomic E-state index is 12.3. The highest BCUT2D eigenvalue weighted by atomic mass is 16.5. The third-order valence-electron chi connectivity index (χ3n) is 2.87. The molecule has 2 rings (SSSR count). The molecular weight excluding hydrogens is 256 g/mol. The second-order valence-corrected chi connectivity index (χ2v) is 4.19. The van der Waals surface area contributed by atoms with Crippen LogP contribution in [0.1, 0.15) is 16.1 Å². The Balaban J connectivity index is 2.27. The van der Waals surface area contributed by atoms with Crippen LogP contribution in [0.15, 0.2) is 36.5 Å². The molecule has 0 aliphatic rings. The van der Waals surface area contributed by atoms with Crippen LogP contribution in [0.4, 0.5) is 5.69 Å². The summed E-state index contributed by atoms with van der Waals surface area (Å²) in [6, 6.07) is 8.60. The number of rotatable bonds is 4. The monoisotopic (exact) mass is 272 g/mol. The molecule has 0 radical (unpaired) electrons. The number of benzene rings is 1. The van der Waals surface area contributed by atoms with Gasteiger partial charge in [0.05, 0.1) is 25.6 Å². The molecule has 2 aromatic rings. The molecule has 5 nitrogen and oxygen atoms in total. The van der Waals surface area contributed by atoms with Crippen LogP contribution in [-0.4, -0.2) is 25.1 Å². The van der Waals surface area contributed by atoms with Crippen molar-refractivity contribution < 1.29 is 14.3 Å². The molecule has 0 fully saturated rings. The second-order valence-electron chi connectivity index (χ2n) is 4.19. The molecule has 0 saturated carbocycles. The van der Waals surface area contributed by atoms with Crippen LogP contribution in [0, 0.1) is 6.92 Å². The van der Waals surface area contributed by atoms with Crippen LogP contribution < -0.4 is 14.8 Å². The summed E-state index contributed by atoms with van der Waals surface area (Å²) in [7, 11) is 3.09. The number of aryl methyl sites for hydroxylation is 1. The molecule has 1 aromatic carbocycles. The number of carbonyl (C=O) groups excluding carboxylic acids is 1. The molecule has 104 valence electrons. The van der Waals surface area contributed by atoms with Crippen LogP contribution in [0.2, 0.25) is 0 Å². The molecule has 1 heterocycles. The smallest absolute Gasteiger partial charge is 0.255 e. The number of amides is 1. The third-order valence-corrected chi connectivity index (χ3v) is 2.87. The predicted octanol–water partition coefficient (Wildman–Crippen LogP) is 2.66. The number of nitrogens with zero attached hydrogens (tertiary/aromatic N) is 1. The van der Waals surface area contributed by atoms with E-state index in [4.69, 9.17) is 9.47 Å². The minimum atomic E-state index is -0.238. The molecule has 0 aliphatic carbocycles. The van der Waals surface area contributed by atoms with Gasteiger partial charge in [-0.25, -0.2) is 0 Å². The number of pyridine rings is 1. The average molecular weight is 272 g/mol. The highest BCUT2D eigenvalue weighted by Crippen LogP contribution is 2.23. The van der Waals surface area contributed by atoms with Crippen LogP contribution in [-0.2, 0) is 0 Å². The number of hydrogen-bond donors (Lipinski definition) is 1. The zero-order valence-corrected chi connectivity index (χ0v) is 11.6. The van der Waals surface area contributed by atoms with Crippen molar-refractivity contribution in [3.8, 4) is 11.5 Å². The largest absolute Gasteiger partial charge is 0.497 e. The van der Waals surface area contributed by atoms with E-state index in [0.717, 1.165) is 5.69 Å². The normalized spacial score (nSPS) is 9.95.